The van der Waals surface area contributed by atoms with E-state index in [0.717, 1.165) is 44.3 Å². The standard InChI is InChI=1S/C23H38N4O5/c1-6-31-20(28)15-25-18-11-12-19(30-5)27-21(18)24-14-13-16-7-9-17(10-8-16)26-22(29)32-23(2,3)4/h11-12,16-17,25H,6-10,13-15H2,1-5H3,(H,24,27)(H,26,29)/t16-,17-. The third kappa shape index (κ3) is 9.20. The number of anilines is 2. The first-order valence-corrected chi connectivity index (χ1v) is 11.4. The number of nitrogens with one attached hydrogen (secondary N) is 3. The predicted octanol–water partition coefficient (Wildman–Crippen LogP) is 3.95. The van der Waals surface area contributed by atoms with Crippen LogP contribution in [0, 0.1) is 5.92 Å². The molecule has 1 saturated carbocycles. The Bertz CT molecular complexity index is 742. The number of aromatic nitrogens is 1. The highest BCUT2D eigenvalue weighted by molar-refractivity contribution is 5.77. The first-order valence-electron chi connectivity index (χ1n) is 11.4. The molecule has 0 saturated heterocycles. The molecule has 1 aliphatic carbocycles. The largest absolute Gasteiger partial charge is 0.481 e. The van der Waals surface area contributed by atoms with Gasteiger partial charge in [-0.15, -0.1) is 0 Å². The number of esters is 1. The molecule has 0 unspecified atom stereocenters. The van der Waals surface area contributed by atoms with E-state index in [2.05, 4.69) is 20.9 Å². The van der Waals surface area contributed by atoms with Crippen LogP contribution in [0.2, 0.25) is 0 Å². The van der Waals surface area contributed by atoms with E-state index in [4.69, 9.17) is 14.2 Å². The molecule has 9 nitrogen and oxygen atoms in total. The SMILES string of the molecule is CCOC(=O)CNc1ccc(OC)nc1NCC[C@H]1CC[C@H](NC(=O)OC(C)(C)C)CC1. The third-order valence-electron chi connectivity index (χ3n) is 5.22. The van der Waals surface area contributed by atoms with Gasteiger partial charge in [0.25, 0.3) is 0 Å². The zero-order chi connectivity index (χ0) is 23.6. The van der Waals surface area contributed by atoms with Crippen molar-refractivity contribution in [3.8, 4) is 5.88 Å². The molecule has 3 N–H and O–H groups in total. The lowest BCUT2D eigenvalue weighted by molar-refractivity contribution is -0.140. The van der Waals surface area contributed by atoms with E-state index in [-0.39, 0.29) is 24.6 Å². The third-order valence-corrected chi connectivity index (χ3v) is 5.22. The molecule has 1 aliphatic rings. The fourth-order valence-electron chi connectivity index (χ4n) is 3.68. The molecular formula is C23H38N4O5. The van der Waals surface area contributed by atoms with Crippen LogP contribution in [0.3, 0.4) is 0 Å². The number of pyridine rings is 1. The zero-order valence-electron chi connectivity index (χ0n) is 20.0. The average molecular weight is 451 g/mol. The van der Waals surface area contributed by atoms with Gasteiger partial charge in [-0.25, -0.2) is 4.79 Å². The number of carbonyl (C=O) groups is 2. The van der Waals surface area contributed by atoms with Crippen LogP contribution < -0.4 is 20.7 Å². The summed E-state index contributed by atoms with van der Waals surface area (Å²) in [5.41, 5.74) is 0.245. The van der Waals surface area contributed by atoms with E-state index in [1.165, 1.54) is 0 Å². The summed E-state index contributed by atoms with van der Waals surface area (Å²) in [6.07, 6.45) is 4.68. The summed E-state index contributed by atoms with van der Waals surface area (Å²) in [4.78, 5) is 28.1. The molecule has 0 aromatic carbocycles. The van der Waals surface area contributed by atoms with Crippen molar-refractivity contribution in [2.45, 2.75) is 71.4 Å². The number of ether oxygens (including phenoxy) is 3. The van der Waals surface area contributed by atoms with Crippen LogP contribution >= 0.6 is 0 Å². The van der Waals surface area contributed by atoms with Crippen LogP contribution in [0.4, 0.5) is 16.3 Å². The number of hydrogen-bond acceptors (Lipinski definition) is 8. The second-order valence-corrected chi connectivity index (χ2v) is 8.99. The fraction of sp³-hybridized carbons (Fsp3) is 0.696. The predicted molar refractivity (Wildman–Crippen MR) is 124 cm³/mol. The summed E-state index contributed by atoms with van der Waals surface area (Å²) in [5, 5.41) is 9.42. The second-order valence-electron chi connectivity index (χ2n) is 8.99. The fourth-order valence-corrected chi connectivity index (χ4v) is 3.68. The van der Waals surface area contributed by atoms with E-state index in [1.807, 2.05) is 26.8 Å². The number of amides is 1. The summed E-state index contributed by atoms with van der Waals surface area (Å²) >= 11 is 0. The van der Waals surface area contributed by atoms with Crippen LogP contribution in [0.25, 0.3) is 0 Å². The molecule has 0 radical (unpaired) electrons. The summed E-state index contributed by atoms with van der Waals surface area (Å²) in [7, 11) is 1.57. The summed E-state index contributed by atoms with van der Waals surface area (Å²) in [6.45, 7) is 8.56. The number of rotatable bonds is 10. The Balaban J connectivity index is 1.78. The van der Waals surface area contributed by atoms with Crippen molar-refractivity contribution in [3.05, 3.63) is 12.1 Å². The quantitative estimate of drug-likeness (QED) is 0.460. The summed E-state index contributed by atoms with van der Waals surface area (Å²) in [6, 6.07) is 3.76. The lowest BCUT2D eigenvalue weighted by Crippen LogP contribution is -2.41. The molecule has 180 valence electrons. The highest BCUT2D eigenvalue weighted by atomic mass is 16.6. The Morgan fingerprint density at radius 2 is 1.84 bits per heavy atom. The molecular weight excluding hydrogens is 412 g/mol. The van der Waals surface area contributed by atoms with Gasteiger partial charge in [-0.3, -0.25) is 4.79 Å². The van der Waals surface area contributed by atoms with Crippen LogP contribution in [0.5, 0.6) is 5.88 Å². The van der Waals surface area contributed by atoms with Gasteiger partial charge in [0.05, 0.1) is 19.4 Å². The monoisotopic (exact) mass is 450 g/mol. The Labute approximate surface area is 191 Å². The van der Waals surface area contributed by atoms with Crippen LogP contribution in [0.15, 0.2) is 12.1 Å². The van der Waals surface area contributed by atoms with Crippen molar-refractivity contribution < 1.29 is 23.8 Å². The molecule has 1 fully saturated rings. The van der Waals surface area contributed by atoms with E-state index < -0.39 is 5.60 Å². The molecule has 1 amide bonds. The van der Waals surface area contributed by atoms with Crippen LogP contribution in [-0.2, 0) is 14.3 Å². The number of alkyl carbamates (subject to hydrolysis) is 1. The maximum atomic E-state index is 12.0. The van der Waals surface area contributed by atoms with Gasteiger partial charge in [0, 0.05) is 18.7 Å². The molecule has 0 bridgehead atoms. The van der Waals surface area contributed by atoms with E-state index in [0.29, 0.717) is 24.2 Å². The molecule has 0 aliphatic heterocycles. The Morgan fingerprint density at radius 3 is 2.47 bits per heavy atom. The minimum Gasteiger partial charge on any atom is -0.481 e. The molecule has 1 aromatic rings. The number of nitrogens with zero attached hydrogens (tertiary/aromatic N) is 1. The number of methoxy groups -OCH3 is 1. The Hall–Kier alpha value is -2.71. The topological polar surface area (TPSA) is 111 Å². The zero-order valence-corrected chi connectivity index (χ0v) is 20.0. The van der Waals surface area contributed by atoms with Gasteiger partial charge in [0.15, 0.2) is 5.82 Å². The van der Waals surface area contributed by atoms with Gasteiger partial charge in [0.1, 0.15) is 12.1 Å². The van der Waals surface area contributed by atoms with E-state index in [1.54, 1.807) is 20.1 Å². The van der Waals surface area contributed by atoms with Gasteiger partial charge < -0.3 is 30.2 Å². The molecule has 1 heterocycles. The molecule has 0 spiro atoms. The van der Waals surface area contributed by atoms with Crippen molar-refractivity contribution >= 4 is 23.6 Å². The van der Waals surface area contributed by atoms with E-state index in [9.17, 15) is 9.59 Å². The van der Waals surface area contributed by atoms with E-state index >= 15 is 0 Å². The Kier molecular flexibility index (Phi) is 9.87. The summed E-state index contributed by atoms with van der Waals surface area (Å²) in [5.74, 6) is 1.42. The molecule has 32 heavy (non-hydrogen) atoms. The number of carbonyl (C=O) groups excluding carboxylic acids is 2. The Morgan fingerprint density at radius 1 is 1.12 bits per heavy atom. The van der Waals surface area contributed by atoms with Crippen molar-refractivity contribution in [3.63, 3.8) is 0 Å². The molecule has 9 heteroatoms. The minimum absolute atomic E-state index is 0.0746. The second kappa shape index (κ2) is 12.4. The van der Waals surface area contributed by atoms with Gasteiger partial charge in [0.2, 0.25) is 5.88 Å². The smallest absolute Gasteiger partial charge is 0.407 e. The highest BCUT2D eigenvalue weighted by Crippen LogP contribution is 2.28. The van der Waals surface area contributed by atoms with Crippen molar-refractivity contribution in [2.75, 3.05) is 37.4 Å². The van der Waals surface area contributed by atoms with Crippen molar-refractivity contribution in [2.24, 2.45) is 5.92 Å². The molecule has 1 aromatic heterocycles. The molecule has 0 atom stereocenters. The molecule has 2 rings (SSSR count). The lowest BCUT2D eigenvalue weighted by Gasteiger charge is -2.30. The van der Waals surface area contributed by atoms with Gasteiger partial charge in [-0.2, -0.15) is 4.98 Å². The van der Waals surface area contributed by atoms with Crippen LogP contribution in [-0.4, -0.2) is 55.5 Å². The van der Waals surface area contributed by atoms with Crippen molar-refractivity contribution in [1.29, 1.82) is 0 Å². The van der Waals surface area contributed by atoms with Gasteiger partial charge in [-0.1, -0.05) is 0 Å². The summed E-state index contributed by atoms with van der Waals surface area (Å²) < 4.78 is 15.5. The van der Waals surface area contributed by atoms with Crippen LogP contribution in [0.1, 0.15) is 59.8 Å². The minimum atomic E-state index is -0.481. The average Bonchev–Trinajstić information content (AvgIpc) is 2.72. The number of hydrogen-bond donors (Lipinski definition) is 3. The highest BCUT2D eigenvalue weighted by Gasteiger charge is 2.24. The van der Waals surface area contributed by atoms with Gasteiger partial charge in [-0.05, 0) is 71.8 Å². The lowest BCUT2D eigenvalue weighted by atomic mass is 9.84. The maximum absolute atomic E-state index is 12.0. The first kappa shape index (κ1) is 25.5. The normalized spacial score (nSPS) is 18.4. The van der Waals surface area contributed by atoms with Gasteiger partial charge >= 0.3 is 12.1 Å². The maximum Gasteiger partial charge on any atom is 0.407 e. The first-order chi connectivity index (χ1) is 15.2. The van der Waals surface area contributed by atoms with Crippen molar-refractivity contribution in [1.82, 2.24) is 10.3 Å².